The number of hydrogen-bond donors (Lipinski definition) is 4. The molecule has 2 aromatic heterocycles. The average molecular weight is 562 g/mol. The molecular formula is C30H35N5O4S. The van der Waals surface area contributed by atoms with Crippen molar-refractivity contribution in [1.82, 2.24) is 10.3 Å². The van der Waals surface area contributed by atoms with Crippen LogP contribution in [0.3, 0.4) is 0 Å². The number of amides is 2. The number of primary amides is 1. The number of anilines is 2. The molecule has 0 saturated heterocycles. The average Bonchev–Trinajstić information content (AvgIpc) is 3.45. The zero-order chi connectivity index (χ0) is 28.6. The Morgan fingerprint density at radius 2 is 1.80 bits per heavy atom. The quantitative estimate of drug-likeness (QED) is 0.186. The Morgan fingerprint density at radius 3 is 2.45 bits per heavy atom. The predicted molar refractivity (Wildman–Crippen MR) is 160 cm³/mol. The molecule has 0 bridgehead atoms. The van der Waals surface area contributed by atoms with E-state index in [-0.39, 0.29) is 11.5 Å². The Balaban J connectivity index is 1.66. The van der Waals surface area contributed by atoms with Crippen molar-refractivity contribution in [3.63, 3.8) is 0 Å². The van der Waals surface area contributed by atoms with Gasteiger partial charge in [-0.25, -0.2) is 0 Å². The van der Waals surface area contributed by atoms with Gasteiger partial charge in [0.05, 0.1) is 36.0 Å². The molecule has 0 saturated carbocycles. The molecule has 0 aliphatic carbocycles. The lowest BCUT2D eigenvalue weighted by Gasteiger charge is -2.20. The van der Waals surface area contributed by atoms with E-state index in [1.807, 2.05) is 62.5 Å². The van der Waals surface area contributed by atoms with Crippen molar-refractivity contribution in [2.75, 3.05) is 18.5 Å². The van der Waals surface area contributed by atoms with Crippen molar-refractivity contribution < 1.29 is 19.1 Å². The van der Waals surface area contributed by atoms with E-state index in [0.717, 1.165) is 21.7 Å². The fraction of sp³-hybridized carbons (Fsp3) is 0.300. The van der Waals surface area contributed by atoms with Crippen LogP contribution in [-0.4, -0.2) is 36.1 Å². The molecule has 0 aliphatic heterocycles. The summed E-state index contributed by atoms with van der Waals surface area (Å²) in [5.74, 6) is 0.309. The third-order valence-electron chi connectivity index (χ3n) is 6.48. The van der Waals surface area contributed by atoms with Gasteiger partial charge in [0.1, 0.15) is 0 Å². The summed E-state index contributed by atoms with van der Waals surface area (Å²) in [4.78, 5) is 30.7. The molecule has 2 amide bonds. The Bertz CT molecular complexity index is 1490. The van der Waals surface area contributed by atoms with Gasteiger partial charge < -0.3 is 31.6 Å². The second-order valence-corrected chi connectivity index (χ2v) is 10.2. The molecule has 4 aromatic rings. The molecule has 10 heteroatoms. The minimum absolute atomic E-state index is 0.210. The van der Waals surface area contributed by atoms with Crippen LogP contribution in [0.4, 0.5) is 11.4 Å². The molecule has 210 valence electrons. The Morgan fingerprint density at radius 1 is 1.05 bits per heavy atom. The Hall–Kier alpha value is -4.15. The zero-order valence-corrected chi connectivity index (χ0v) is 23.8. The molecule has 0 radical (unpaired) electrons. The first kappa shape index (κ1) is 28.8. The first-order valence-electron chi connectivity index (χ1n) is 13.3. The number of aromatic nitrogens is 1. The summed E-state index contributed by atoms with van der Waals surface area (Å²) in [6, 6.07) is 12.7. The molecule has 9 nitrogen and oxygen atoms in total. The van der Waals surface area contributed by atoms with Gasteiger partial charge >= 0.3 is 0 Å². The maximum absolute atomic E-state index is 12.7. The number of benzene rings is 2. The van der Waals surface area contributed by atoms with E-state index in [9.17, 15) is 9.59 Å². The number of nitrogens with one attached hydrogen (secondary N) is 2. The van der Waals surface area contributed by atoms with Gasteiger partial charge in [-0.1, -0.05) is 25.1 Å². The minimum atomic E-state index is -0.632. The van der Waals surface area contributed by atoms with E-state index < -0.39 is 11.9 Å². The molecule has 2 aromatic carbocycles. The SMILES string of the molecule is CCOc1cc2ncc(C(N)=O)c(Nc3cccc(CNC(=O)[C@@H](N)Cc4cccs4)c3CC)c2cc1OCC. The normalized spacial score (nSPS) is 11.7. The van der Waals surface area contributed by atoms with Crippen molar-refractivity contribution in [2.24, 2.45) is 11.5 Å². The number of carbonyl (C=O) groups excluding carboxylic acids is 2. The van der Waals surface area contributed by atoms with Crippen LogP contribution >= 0.6 is 11.3 Å². The molecule has 40 heavy (non-hydrogen) atoms. The second kappa shape index (κ2) is 13.3. The van der Waals surface area contributed by atoms with Crippen molar-refractivity contribution >= 4 is 45.4 Å². The van der Waals surface area contributed by atoms with Gasteiger partial charge in [-0.2, -0.15) is 0 Å². The number of hydrogen-bond acceptors (Lipinski definition) is 8. The van der Waals surface area contributed by atoms with Crippen LogP contribution < -0.4 is 31.6 Å². The fourth-order valence-electron chi connectivity index (χ4n) is 4.58. The summed E-state index contributed by atoms with van der Waals surface area (Å²) in [7, 11) is 0. The first-order valence-corrected chi connectivity index (χ1v) is 14.2. The van der Waals surface area contributed by atoms with Gasteiger partial charge in [-0.15, -0.1) is 11.3 Å². The number of nitrogens with zero attached hydrogens (tertiary/aromatic N) is 1. The summed E-state index contributed by atoms with van der Waals surface area (Å²) in [6.07, 6.45) is 2.64. The number of carbonyl (C=O) groups is 2. The smallest absolute Gasteiger partial charge is 0.252 e. The first-order chi connectivity index (χ1) is 19.4. The Kier molecular flexibility index (Phi) is 9.57. The molecule has 1 atom stereocenters. The van der Waals surface area contributed by atoms with Crippen molar-refractivity contribution in [2.45, 2.75) is 46.2 Å². The van der Waals surface area contributed by atoms with E-state index >= 15 is 0 Å². The standard InChI is InChI=1S/C30H35N5O4S/c1-4-20-18(16-34-30(37)23(31)13-19-10-8-12-40-19)9-7-11-24(20)35-28-21-14-26(38-5-2)27(39-6-3)15-25(21)33-17-22(28)29(32)36/h7-12,14-15,17,23H,4-6,13,16,31H2,1-3H3,(H2,32,36)(H,33,35)(H,34,37)/t23-/m0/s1. The molecule has 0 spiro atoms. The van der Waals surface area contributed by atoms with Gasteiger partial charge in [0.2, 0.25) is 5.91 Å². The van der Waals surface area contributed by atoms with Gasteiger partial charge in [0.15, 0.2) is 11.5 Å². The topological polar surface area (TPSA) is 142 Å². The summed E-state index contributed by atoms with van der Waals surface area (Å²) in [5, 5.41) is 9.06. The van der Waals surface area contributed by atoms with E-state index in [1.165, 1.54) is 6.20 Å². The lowest BCUT2D eigenvalue weighted by atomic mass is 10.0. The van der Waals surface area contributed by atoms with Crippen LogP contribution in [-0.2, 0) is 24.2 Å². The van der Waals surface area contributed by atoms with Crippen LogP contribution in [0, 0.1) is 0 Å². The van der Waals surface area contributed by atoms with Gasteiger partial charge in [-0.3, -0.25) is 14.6 Å². The highest BCUT2D eigenvalue weighted by Crippen LogP contribution is 2.38. The van der Waals surface area contributed by atoms with Crippen molar-refractivity contribution in [3.05, 3.63) is 75.6 Å². The maximum atomic E-state index is 12.7. The minimum Gasteiger partial charge on any atom is -0.490 e. The fourth-order valence-corrected chi connectivity index (χ4v) is 5.34. The Labute approximate surface area is 237 Å². The third-order valence-corrected chi connectivity index (χ3v) is 7.37. The van der Waals surface area contributed by atoms with Crippen molar-refractivity contribution in [3.8, 4) is 11.5 Å². The lowest BCUT2D eigenvalue weighted by Crippen LogP contribution is -2.41. The summed E-state index contributed by atoms with van der Waals surface area (Å²) in [6.45, 7) is 7.07. The maximum Gasteiger partial charge on any atom is 0.252 e. The van der Waals surface area contributed by atoms with E-state index in [2.05, 4.69) is 15.6 Å². The van der Waals surface area contributed by atoms with Gasteiger partial charge in [-0.05, 0) is 55.0 Å². The van der Waals surface area contributed by atoms with Gasteiger partial charge in [0, 0.05) is 41.2 Å². The zero-order valence-electron chi connectivity index (χ0n) is 23.0. The summed E-state index contributed by atoms with van der Waals surface area (Å²) >= 11 is 1.58. The summed E-state index contributed by atoms with van der Waals surface area (Å²) in [5.41, 5.74) is 16.0. The van der Waals surface area contributed by atoms with Crippen LogP contribution in [0.15, 0.2) is 54.0 Å². The molecular weight excluding hydrogens is 526 g/mol. The van der Waals surface area contributed by atoms with E-state index in [1.54, 1.807) is 17.4 Å². The highest BCUT2D eigenvalue weighted by Gasteiger charge is 2.19. The van der Waals surface area contributed by atoms with Crippen LogP contribution in [0.1, 0.15) is 47.1 Å². The highest BCUT2D eigenvalue weighted by molar-refractivity contribution is 7.09. The third kappa shape index (κ3) is 6.52. The van der Waals surface area contributed by atoms with Crippen LogP contribution in [0.25, 0.3) is 10.9 Å². The predicted octanol–water partition coefficient (Wildman–Crippen LogP) is 4.68. The molecule has 2 heterocycles. The highest BCUT2D eigenvalue weighted by atomic mass is 32.1. The largest absolute Gasteiger partial charge is 0.490 e. The molecule has 0 fully saturated rings. The molecule has 0 unspecified atom stereocenters. The number of thiophene rings is 1. The lowest BCUT2D eigenvalue weighted by molar-refractivity contribution is -0.122. The monoisotopic (exact) mass is 561 g/mol. The molecule has 0 aliphatic rings. The van der Waals surface area contributed by atoms with Gasteiger partial charge in [0.25, 0.3) is 5.91 Å². The molecule has 6 N–H and O–H groups in total. The second-order valence-electron chi connectivity index (χ2n) is 9.12. The van der Waals surface area contributed by atoms with E-state index in [4.69, 9.17) is 20.9 Å². The summed E-state index contributed by atoms with van der Waals surface area (Å²) < 4.78 is 11.6. The van der Waals surface area contributed by atoms with Crippen LogP contribution in [0.5, 0.6) is 11.5 Å². The number of pyridine rings is 1. The van der Waals surface area contributed by atoms with E-state index in [0.29, 0.717) is 60.7 Å². The number of fused-ring (bicyclic) bond motifs is 1. The number of rotatable bonds is 13. The number of ether oxygens (including phenoxy) is 2. The van der Waals surface area contributed by atoms with Crippen LogP contribution in [0.2, 0.25) is 0 Å². The molecule has 4 rings (SSSR count). The van der Waals surface area contributed by atoms with Crippen molar-refractivity contribution in [1.29, 1.82) is 0 Å². The number of nitrogens with two attached hydrogens (primary N) is 2.